The molecule has 2 rings (SSSR count). The van der Waals surface area contributed by atoms with Gasteiger partial charge in [0.05, 0.1) is 5.60 Å². The number of ether oxygens (including phenoxy) is 1. The smallest absolute Gasteiger partial charge is 0.0644 e. The van der Waals surface area contributed by atoms with Crippen LogP contribution in [0.2, 0.25) is 0 Å². The standard InChI is InChI=1S/C15H30N2O/c1-4-5-13-6-8-17(10-13)15(12-16)7-9-18-14(2,3)11-15/h13H,4-12,16H2,1-3H3. The molecule has 0 aliphatic carbocycles. The van der Waals surface area contributed by atoms with Crippen molar-refractivity contribution in [2.45, 2.75) is 64.0 Å². The highest BCUT2D eigenvalue weighted by molar-refractivity contribution is 5.01. The van der Waals surface area contributed by atoms with Gasteiger partial charge in [0.25, 0.3) is 0 Å². The summed E-state index contributed by atoms with van der Waals surface area (Å²) in [5.41, 5.74) is 6.35. The van der Waals surface area contributed by atoms with Gasteiger partial charge in [0.2, 0.25) is 0 Å². The summed E-state index contributed by atoms with van der Waals surface area (Å²) in [5, 5.41) is 0. The van der Waals surface area contributed by atoms with Crippen LogP contribution in [-0.4, -0.2) is 42.3 Å². The maximum absolute atomic E-state index is 6.16. The van der Waals surface area contributed by atoms with Crippen LogP contribution >= 0.6 is 0 Å². The Morgan fingerprint density at radius 1 is 1.39 bits per heavy atom. The van der Waals surface area contributed by atoms with E-state index in [0.717, 1.165) is 31.9 Å². The van der Waals surface area contributed by atoms with E-state index in [1.54, 1.807) is 0 Å². The summed E-state index contributed by atoms with van der Waals surface area (Å²) in [6.07, 6.45) is 6.22. The van der Waals surface area contributed by atoms with Crippen molar-refractivity contribution in [3.05, 3.63) is 0 Å². The Morgan fingerprint density at radius 2 is 2.17 bits per heavy atom. The largest absolute Gasteiger partial charge is 0.375 e. The third-order valence-corrected chi connectivity index (χ3v) is 4.85. The molecule has 2 N–H and O–H groups in total. The van der Waals surface area contributed by atoms with Gasteiger partial charge in [-0.3, -0.25) is 4.90 Å². The lowest BCUT2D eigenvalue weighted by Gasteiger charge is -2.49. The third-order valence-electron chi connectivity index (χ3n) is 4.85. The van der Waals surface area contributed by atoms with E-state index in [1.807, 2.05) is 0 Å². The molecular weight excluding hydrogens is 224 g/mol. The van der Waals surface area contributed by atoms with Crippen LogP contribution in [-0.2, 0) is 4.74 Å². The fourth-order valence-electron chi connectivity index (χ4n) is 3.93. The van der Waals surface area contributed by atoms with Crippen LogP contribution in [0, 0.1) is 5.92 Å². The molecule has 0 bridgehead atoms. The minimum Gasteiger partial charge on any atom is -0.375 e. The molecule has 2 atom stereocenters. The van der Waals surface area contributed by atoms with Gasteiger partial charge in [0.1, 0.15) is 0 Å². The minimum absolute atomic E-state index is 0.0134. The minimum atomic E-state index is -0.0134. The quantitative estimate of drug-likeness (QED) is 0.837. The number of hydrogen-bond donors (Lipinski definition) is 1. The van der Waals surface area contributed by atoms with Crippen molar-refractivity contribution in [2.75, 3.05) is 26.2 Å². The monoisotopic (exact) mass is 254 g/mol. The molecule has 106 valence electrons. The molecule has 2 heterocycles. The molecule has 0 saturated carbocycles. The summed E-state index contributed by atoms with van der Waals surface area (Å²) in [5.74, 6) is 0.893. The first-order valence-corrected chi connectivity index (χ1v) is 7.60. The average molecular weight is 254 g/mol. The maximum Gasteiger partial charge on any atom is 0.0644 e. The van der Waals surface area contributed by atoms with Crippen molar-refractivity contribution in [3.8, 4) is 0 Å². The van der Waals surface area contributed by atoms with Crippen LogP contribution in [0.1, 0.15) is 52.9 Å². The fraction of sp³-hybridized carbons (Fsp3) is 1.00. The topological polar surface area (TPSA) is 38.5 Å². The van der Waals surface area contributed by atoms with Crippen LogP contribution < -0.4 is 5.73 Å². The van der Waals surface area contributed by atoms with E-state index >= 15 is 0 Å². The predicted molar refractivity (Wildman–Crippen MR) is 75.6 cm³/mol. The lowest BCUT2D eigenvalue weighted by Crippen LogP contribution is -2.59. The first-order chi connectivity index (χ1) is 8.51. The second-order valence-electron chi connectivity index (χ2n) is 6.85. The van der Waals surface area contributed by atoms with Crippen LogP contribution in [0.15, 0.2) is 0 Å². The zero-order valence-electron chi connectivity index (χ0n) is 12.4. The first-order valence-electron chi connectivity index (χ1n) is 7.60. The normalized spacial score (nSPS) is 37.0. The molecule has 2 saturated heterocycles. The number of nitrogens with two attached hydrogens (primary N) is 1. The molecule has 0 radical (unpaired) electrons. The summed E-state index contributed by atoms with van der Waals surface area (Å²) in [6, 6.07) is 0. The van der Waals surface area contributed by atoms with Gasteiger partial charge in [-0.2, -0.15) is 0 Å². The van der Waals surface area contributed by atoms with Crippen molar-refractivity contribution >= 4 is 0 Å². The Kier molecular flexibility index (Phi) is 4.35. The summed E-state index contributed by atoms with van der Waals surface area (Å²) in [6.45, 7) is 10.8. The van der Waals surface area contributed by atoms with Crippen molar-refractivity contribution in [1.29, 1.82) is 0 Å². The van der Waals surface area contributed by atoms with Gasteiger partial charge in [0.15, 0.2) is 0 Å². The molecule has 0 spiro atoms. The molecule has 2 unspecified atom stereocenters. The van der Waals surface area contributed by atoms with Gasteiger partial charge in [-0.25, -0.2) is 0 Å². The third kappa shape index (κ3) is 2.89. The number of rotatable bonds is 4. The number of hydrogen-bond acceptors (Lipinski definition) is 3. The second-order valence-corrected chi connectivity index (χ2v) is 6.85. The molecule has 2 aliphatic rings. The molecular formula is C15H30N2O. The highest BCUT2D eigenvalue weighted by Crippen LogP contribution is 2.39. The average Bonchev–Trinajstić information content (AvgIpc) is 2.77. The lowest BCUT2D eigenvalue weighted by atomic mass is 9.80. The zero-order valence-corrected chi connectivity index (χ0v) is 12.4. The van der Waals surface area contributed by atoms with E-state index in [9.17, 15) is 0 Å². The van der Waals surface area contributed by atoms with Crippen LogP contribution in [0.5, 0.6) is 0 Å². The van der Waals surface area contributed by atoms with E-state index in [-0.39, 0.29) is 11.1 Å². The number of nitrogens with zero attached hydrogens (tertiary/aromatic N) is 1. The predicted octanol–water partition coefficient (Wildman–Crippen LogP) is 2.39. The summed E-state index contributed by atoms with van der Waals surface area (Å²) < 4.78 is 5.87. The molecule has 0 amide bonds. The van der Waals surface area contributed by atoms with Crippen molar-refractivity contribution < 1.29 is 4.74 Å². The van der Waals surface area contributed by atoms with Crippen LogP contribution in [0.25, 0.3) is 0 Å². The highest BCUT2D eigenvalue weighted by Gasteiger charge is 2.45. The Balaban J connectivity index is 2.04. The highest BCUT2D eigenvalue weighted by atomic mass is 16.5. The molecule has 0 aromatic carbocycles. The first kappa shape index (κ1) is 14.3. The molecule has 2 fully saturated rings. The molecule has 0 aromatic heterocycles. The van der Waals surface area contributed by atoms with E-state index in [4.69, 9.17) is 10.5 Å². The van der Waals surface area contributed by atoms with Crippen LogP contribution in [0.4, 0.5) is 0 Å². The van der Waals surface area contributed by atoms with Crippen molar-refractivity contribution in [1.82, 2.24) is 4.90 Å². The van der Waals surface area contributed by atoms with Gasteiger partial charge in [0, 0.05) is 25.2 Å². The van der Waals surface area contributed by atoms with E-state index in [0.29, 0.717) is 0 Å². The van der Waals surface area contributed by atoms with E-state index in [1.165, 1.54) is 32.4 Å². The second kappa shape index (κ2) is 5.48. The number of likely N-dealkylation sites (tertiary alicyclic amines) is 1. The summed E-state index contributed by atoms with van der Waals surface area (Å²) in [7, 11) is 0. The van der Waals surface area contributed by atoms with Gasteiger partial charge in [-0.05, 0) is 52.0 Å². The molecule has 3 heteroatoms. The fourth-order valence-corrected chi connectivity index (χ4v) is 3.93. The van der Waals surface area contributed by atoms with Crippen molar-refractivity contribution in [3.63, 3.8) is 0 Å². The lowest BCUT2D eigenvalue weighted by molar-refractivity contribution is -0.114. The van der Waals surface area contributed by atoms with Gasteiger partial charge in [-0.1, -0.05) is 13.3 Å². The maximum atomic E-state index is 6.16. The zero-order chi connectivity index (χ0) is 13.2. The molecule has 3 nitrogen and oxygen atoms in total. The molecule has 0 aromatic rings. The van der Waals surface area contributed by atoms with E-state index in [2.05, 4.69) is 25.7 Å². The molecule has 2 aliphatic heterocycles. The molecule has 18 heavy (non-hydrogen) atoms. The van der Waals surface area contributed by atoms with Gasteiger partial charge >= 0.3 is 0 Å². The Morgan fingerprint density at radius 3 is 2.78 bits per heavy atom. The Hall–Kier alpha value is -0.120. The van der Waals surface area contributed by atoms with Crippen molar-refractivity contribution in [2.24, 2.45) is 11.7 Å². The Labute approximate surface area is 112 Å². The summed E-state index contributed by atoms with van der Waals surface area (Å²) >= 11 is 0. The van der Waals surface area contributed by atoms with Gasteiger partial charge < -0.3 is 10.5 Å². The SMILES string of the molecule is CCCC1CCN(C2(CN)CCOC(C)(C)C2)C1. The van der Waals surface area contributed by atoms with Gasteiger partial charge in [-0.15, -0.1) is 0 Å². The van der Waals surface area contributed by atoms with E-state index < -0.39 is 0 Å². The van der Waals surface area contributed by atoms with Crippen LogP contribution in [0.3, 0.4) is 0 Å². The Bertz CT molecular complexity index is 280. The summed E-state index contributed by atoms with van der Waals surface area (Å²) in [4.78, 5) is 2.68.